The van der Waals surface area contributed by atoms with Crippen molar-refractivity contribution >= 4 is 11.8 Å². The predicted octanol–water partition coefficient (Wildman–Crippen LogP) is 2.55. The molecule has 0 amide bonds. The van der Waals surface area contributed by atoms with E-state index in [0.717, 1.165) is 62.6 Å². The summed E-state index contributed by atoms with van der Waals surface area (Å²) in [5, 5.41) is 3.42. The number of guanidine groups is 1. The maximum absolute atomic E-state index is 5.71. The standard InChI is InChI=1S/C22H30N6O/c1-2-23-22(28-13-11-27(12-14-28)20-5-3-4-10-24-20)26-16-19-8-9-21(25-15-19)29-17-18-6-7-18/h3-5,8-10,15,18H,2,6-7,11-14,16-17H2,1H3,(H,23,26). The van der Waals surface area contributed by atoms with Crippen LogP contribution < -0.4 is 15.0 Å². The number of ether oxygens (including phenoxy) is 1. The zero-order valence-electron chi connectivity index (χ0n) is 17.1. The Hall–Kier alpha value is -2.83. The predicted molar refractivity (Wildman–Crippen MR) is 115 cm³/mol. The maximum Gasteiger partial charge on any atom is 0.213 e. The summed E-state index contributed by atoms with van der Waals surface area (Å²) in [6.45, 7) is 8.09. The molecule has 1 aliphatic heterocycles. The second kappa shape index (κ2) is 9.58. The molecular formula is C22H30N6O. The fraction of sp³-hybridized carbons (Fsp3) is 0.500. The normalized spacial score (nSPS) is 17.3. The number of hydrogen-bond donors (Lipinski definition) is 1. The van der Waals surface area contributed by atoms with Gasteiger partial charge in [-0.1, -0.05) is 12.1 Å². The summed E-state index contributed by atoms with van der Waals surface area (Å²) in [5.41, 5.74) is 1.09. The van der Waals surface area contributed by atoms with Gasteiger partial charge >= 0.3 is 0 Å². The van der Waals surface area contributed by atoms with Gasteiger partial charge in [-0.25, -0.2) is 15.0 Å². The number of anilines is 1. The van der Waals surface area contributed by atoms with Gasteiger partial charge in [-0.15, -0.1) is 0 Å². The molecule has 0 atom stereocenters. The smallest absolute Gasteiger partial charge is 0.213 e. The summed E-state index contributed by atoms with van der Waals surface area (Å²) in [6, 6.07) is 10.1. The lowest BCUT2D eigenvalue weighted by Crippen LogP contribution is -2.52. The molecule has 1 saturated heterocycles. The maximum atomic E-state index is 5.71. The summed E-state index contributed by atoms with van der Waals surface area (Å²) in [5.74, 6) is 3.45. The highest BCUT2D eigenvalue weighted by Gasteiger charge is 2.22. The van der Waals surface area contributed by atoms with E-state index < -0.39 is 0 Å². The first-order valence-corrected chi connectivity index (χ1v) is 10.6. The van der Waals surface area contributed by atoms with Crippen molar-refractivity contribution in [3.8, 4) is 5.88 Å². The summed E-state index contributed by atoms with van der Waals surface area (Å²) in [7, 11) is 0. The second-order valence-corrected chi connectivity index (χ2v) is 7.59. The van der Waals surface area contributed by atoms with Gasteiger partial charge in [0.25, 0.3) is 0 Å². The number of rotatable bonds is 7. The van der Waals surface area contributed by atoms with Crippen molar-refractivity contribution in [3.63, 3.8) is 0 Å². The van der Waals surface area contributed by atoms with Crippen LogP contribution in [0.15, 0.2) is 47.7 Å². The molecular weight excluding hydrogens is 364 g/mol. The van der Waals surface area contributed by atoms with Gasteiger partial charge in [0.1, 0.15) is 5.82 Å². The van der Waals surface area contributed by atoms with Crippen molar-refractivity contribution in [3.05, 3.63) is 48.3 Å². The van der Waals surface area contributed by atoms with E-state index in [9.17, 15) is 0 Å². The van der Waals surface area contributed by atoms with Crippen LogP contribution in [0.4, 0.5) is 5.82 Å². The highest BCUT2D eigenvalue weighted by molar-refractivity contribution is 5.80. The topological polar surface area (TPSA) is 65.9 Å². The number of hydrogen-bond acceptors (Lipinski definition) is 5. The molecule has 7 heteroatoms. The number of aliphatic imine (C=N–C) groups is 1. The van der Waals surface area contributed by atoms with Crippen LogP contribution in [0, 0.1) is 5.92 Å². The monoisotopic (exact) mass is 394 g/mol. The van der Waals surface area contributed by atoms with Crippen LogP contribution in [0.25, 0.3) is 0 Å². The fourth-order valence-corrected chi connectivity index (χ4v) is 3.36. The molecule has 2 aromatic rings. The molecule has 2 fully saturated rings. The zero-order valence-corrected chi connectivity index (χ0v) is 17.1. The third-order valence-corrected chi connectivity index (χ3v) is 5.26. The second-order valence-electron chi connectivity index (χ2n) is 7.59. The van der Waals surface area contributed by atoms with Crippen molar-refractivity contribution < 1.29 is 4.74 Å². The third-order valence-electron chi connectivity index (χ3n) is 5.26. The lowest BCUT2D eigenvalue weighted by Gasteiger charge is -2.37. The Morgan fingerprint density at radius 1 is 1.14 bits per heavy atom. The fourth-order valence-electron chi connectivity index (χ4n) is 3.36. The SMILES string of the molecule is CCNC(=NCc1ccc(OCC2CC2)nc1)N1CCN(c2ccccn2)CC1. The zero-order chi connectivity index (χ0) is 19.9. The molecule has 7 nitrogen and oxygen atoms in total. The summed E-state index contributed by atoms with van der Waals surface area (Å²) < 4.78 is 5.71. The van der Waals surface area contributed by atoms with E-state index >= 15 is 0 Å². The van der Waals surface area contributed by atoms with Gasteiger partial charge in [0.05, 0.1) is 13.2 Å². The molecule has 2 aromatic heterocycles. The molecule has 29 heavy (non-hydrogen) atoms. The van der Waals surface area contributed by atoms with Gasteiger partial charge in [0.2, 0.25) is 5.88 Å². The molecule has 2 aliphatic rings. The van der Waals surface area contributed by atoms with Crippen LogP contribution in [0.1, 0.15) is 25.3 Å². The van der Waals surface area contributed by atoms with Gasteiger partial charge in [-0.3, -0.25) is 0 Å². The highest BCUT2D eigenvalue weighted by atomic mass is 16.5. The first-order chi connectivity index (χ1) is 14.3. The highest BCUT2D eigenvalue weighted by Crippen LogP contribution is 2.29. The molecule has 0 aromatic carbocycles. The molecule has 0 unspecified atom stereocenters. The molecule has 0 bridgehead atoms. The van der Waals surface area contributed by atoms with E-state index in [1.807, 2.05) is 30.6 Å². The number of nitrogens with zero attached hydrogens (tertiary/aromatic N) is 5. The van der Waals surface area contributed by atoms with Gasteiger partial charge in [0.15, 0.2) is 5.96 Å². The third kappa shape index (κ3) is 5.59. The molecule has 0 radical (unpaired) electrons. The quantitative estimate of drug-likeness (QED) is 0.575. The Balaban J connectivity index is 1.31. The van der Waals surface area contributed by atoms with E-state index in [2.05, 4.69) is 44.1 Å². The average molecular weight is 395 g/mol. The number of aromatic nitrogens is 2. The average Bonchev–Trinajstić information content (AvgIpc) is 3.61. The van der Waals surface area contributed by atoms with E-state index in [0.29, 0.717) is 12.4 Å². The van der Waals surface area contributed by atoms with E-state index in [1.165, 1.54) is 12.8 Å². The van der Waals surface area contributed by atoms with Crippen LogP contribution in [0.3, 0.4) is 0 Å². The Bertz CT molecular complexity index is 783. The van der Waals surface area contributed by atoms with Crippen LogP contribution in [-0.2, 0) is 6.54 Å². The Labute approximate surface area is 172 Å². The lowest BCUT2D eigenvalue weighted by molar-refractivity contribution is 0.288. The largest absolute Gasteiger partial charge is 0.477 e. The van der Waals surface area contributed by atoms with Crippen molar-refractivity contribution in [1.29, 1.82) is 0 Å². The minimum atomic E-state index is 0.610. The van der Waals surface area contributed by atoms with Gasteiger partial charge in [-0.05, 0) is 43.4 Å². The molecule has 154 valence electrons. The number of piperazine rings is 1. The molecule has 0 spiro atoms. The molecule has 4 rings (SSSR count). The van der Waals surface area contributed by atoms with Crippen LogP contribution in [0.2, 0.25) is 0 Å². The molecule has 1 aliphatic carbocycles. The van der Waals surface area contributed by atoms with Crippen LogP contribution in [0.5, 0.6) is 5.88 Å². The molecule has 3 heterocycles. The number of pyridine rings is 2. The lowest BCUT2D eigenvalue weighted by atomic mass is 10.3. The van der Waals surface area contributed by atoms with Crippen LogP contribution in [-0.4, -0.2) is 60.2 Å². The first-order valence-electron chi connectivity index (χ1n) is 10.6. The molecule has 1 N–H and O–H groups in total. The summed E-state index contributed by atoms with van der Waals surface area (Å²) >= 11 is 0. The van der Waals surface area contributed by atoms with E-state index in [1.54, 1.807) is 0 Å². The Kier molecular flexibility index (Phi) is 6.44. The Morgan fingerprint density at radius 2 is 2.00 bits per heavy atom. The van der Waals surface area contributed by atoms with Crippen molar-refractivity contribution in [2.24, 2.45) is 10.9 Å². The van der Waals surface area contributed by atoms with Crippen molar-refractivity contribution in [2.75, 3.05) is 44.2 Å². The van der Waals surface area contributed by atoms with E-state index in [4.69, 9.17) is 9.73 Å². The number of nitrogens with one attached hydrogen (secondary N) is 1. The van der Waals surface area contributed by atoms with Gasteiger partial charge in [0, 0.05) is 51.2 Å². The van der Waals surface area contributed by atoms with Crippen LogP contribution >= 0.6 is 0 Å². The summed E-state index contributed by atoms with van der Waals surface area (Å²) in [4.78, 5) is 18.4. The minimum absolute atomic E-state index is 0.610. The summed E-state index contributed by atoms with van der Waals surface area (Å²) in [6.07, 6.45) is 6.30. The molecule has 1 saturated carbocycles. The van der Waals surface area contributed by atoms with E-state index in [-0.39, 0.29) is 0 Å². The van der Waals surface area contributed by atoms with Gasteiger partial charge < -0.3 is 19.9 Å². The van der Waals surface area contributed by atoms with Crippen molar-refractivity contribution in [2.45, 2.75) is 26.3 Å². The van der Waals surface area contributed by atoms with Crippen molar-refractivity contribution in [1.82, 2.24) is 20.2 Å². The first kappa shape index (κ1) is 19.5. The Morgan fingerprint density at radius 3 is 2.66 bits per heavy atom. The van der Waals surface area contributed by atoms with Gasteiger partial charge in [-0.2, -0.15) is 0 Å². The minimum Gasteiger partial charge on any atom is -0.477 e.